The van der Waals surface area contributed by atoms with Crippen molar-refractivity contribution >= 4 is 28.2 Å². The quantitative estimate of drug-likeness (QED) is 0.469. The zero-order valence-electron chi connectivity index (χ0n) is 18.9. The molecule has 3 heterocycles. The van der Waals surface area contributed by atoms with Gasteiger partial charge in [-0.05, 0) is 49.2 Å². The number of carbonyl (C=O) groups excluding carboxylic acids is 2. The first-order chi connectivity index (χ1) is 16.1. The van der Waals surface area contributed by atoms with Gasteiger partial charge in [0.1, 0.15) is 0 Å². The smallest absolute Gasteiger partial charge is 0.291 e. The molecule has 1 aliphatic rings. The molecule has 2 aromatic heterocycles. The lowest BCUT2D eigenvalue weighted by molar-refractivity contribution is 0.0949. The van der Waals surface area contributed by atoms with Crippen molar-refractivity contribution in [1.29, 1.82) is 0 Å². The van der Waals surface area contributed by atoms with Gasteiger partial charge in [-0.15, -0.1) is 11.3 Å². The van der Waals surface area contributed by atoms with E-state index in [1.165, 1.54) is 23.2 Å². The monoisotopic (exact) mass is 466 g/mol. The molecule has 0 atom stereocenters. The first-order valence-electron chi connectivity index (χ1n) is 11.3. The van der Waals surface area contributed by atoms with E-state index in [1.807, 2.05) is 13.0 Å². The molecule has 1 saturated heterocycles. The van der Waals surface area contributed by atoms with Gasteiger partial charge in [0, 0.05) is 39.3 Å². The first-order valence-corrected chi connectivity index (χ1v) is 12.1. The Hall–Kier alpha value is -2.94. The zero-order chi connectivity index (χ0) is 23.0. The SMILES string of the molecule is Cc1cc(NC(=O)c2ccco2)sc1C(=O)NCCCN1CCN(Cc2ccccc2)CC1. The van der Waals surface area contributed by atoms with Gasteiger partial charge >= 0.3 is 0 Å². The predicted octanol–water partition coefficient (Wildman–Crippen LogP) is 3.84. The van der Waals surface area contributed by atoms with Crippen molar-refractivity contribution in [3.05, 3.63) is 76.6 Å². The fraction of sp³-hybridized carbons (Fsp3) is 0.360. The maximum absolute atomic E-state index is 12.6. The van der Waals surface area contributed by atoms with E-state index in [2.05, 4.69) is 50.8 Å². The molecule has 3 aromatic rings. The number of furan rings is 1. The topological polar surface area (TPSA) is 77.8 Å². The fourth-order valence-corrected chi connectivity index (χ4v) is 4.93. The summed E-state index contributed by atoms with van der Waals surface area (Å²) in [7, 11) is 0. The molecule has 0 bridgehead atoms. The van der Waals surface area contributed by atoms with Crippen LogP contribution in [0.1, 0.15) is 37.8 Å². The molecule has 0 unspecified atom stereocenters. The number of carbonyl (C=O) groups is 2. The Morgan fingerprint density at radius 1 is 1.00 bits per heavy atom. The number of anilines is 1. The summed E-state index contributed by atoms with van der Waals surface area (Å²) in [5.41, 5.74) is 2.21. The van der Waals surface area contributed by atoms with Gasteiger partial charge < -0.3 is 20.0 Å². The number of nitrogens with zero attached hydrogens (tertiary/aromatic N) is 2. The number of piperazine rings is 1. The lowest BCUT2D eigenvalue weighted by atomic mass is 10.2. The highest BCUT2D eigenvalue weighted by molar-refractivity contribution is 7.18. The number of rotatable bonds is 9. The molecular formula is C25H30N4O3S. The third-order valence-electron chi connectivity index (χ3n) is 5.76. The van der Waals surface area contributed by atoms with E-state index in [0.717, 1.165) is 51.3 Å². The Labute approximate surface area is 198 Å². The van der Waals surface area contributed by atoms with Crippen molar-refractivity contribution in [2.24, 2.45) is 0 Å². The van der Waals surface area contributed by atoms with Crippen LogP contribution in [0.25, 0.3) is 0 Å². The number of benzene rings is 1. The lowest BCUT2D eigenvalue weighted by Gasteiger charge is -2.34. The number of hydrogen-bond donors (Lipinski definition) is 2. The maximum atomic E-state index is 12.6. The van der Waals surface area contributed by atoms with Crippen LogP contribution in [0.3, 0.4) is 0 Å². The van der Waals surface area contributed by atoms with Crippen molar-refractivity contribution in [3.8, 4) is 0 Å². The van der Waals surface area contributed by atoms with Crippen molar-refractivity contribution in [2.75, 3.05) is 44.6 Å². The molecule has 7 nitrogen and oxygen atoms in total. The summed E-state index contributed by atoms with van der Waals surface area (Å²) in [5, 5.41) is 6.43. The van der Waals surface area contributed by atoms with E-state index < -0.39 is 0 Å². The molecule has 0 radical (unpaired) electrons. The van der Waals surface area contributed by atoms with Crippen molar-refractivity contribution in [3.63, 3.8) is 0 Å². The highest BCUT2D eigenvalue weighted by Gasteiger charge is 2.18. The number of thiophene rings is 1. The highest BCUT2D eigenvalue weighted by atomic mass is 32.1. The van der Waals surface area contributed by atoms with E-state index in [4.69, 9.17) is 4.42 Å². The largest absolute Gasteiger partial charge is 0.459 e. The standard InChI is InChI=1S/C25H30N4O3S/c1-19-17-22(27-24(30)21-9-5-16-32-21)33-23(19)25(31)26-10-6-11-28-12-14-29(15-13-28)18-20-7-3-2-4-8-20/h2-5,7-9,16-17H,6,10-15,18H2,1H3,(H,26,31)(H,27,30). The summed E-state index contributed by atoms with van der Waals surface area (Å²) in [4.78, 5) is 30.3. The maximum Gasteiger partial charge on any atom is 0.291 e. The van der Waals surface area contributed by atoms with Crippen LogP contribution in [0.4, 0.5) is 5.00 Å². The summed E-state index contributed by atoms with van der Waals surface area (Å²) in [6.07, 6.45) is 2.37. The molecule has 4 rings (SSSR count). The molecule has 1 fully saturated rings. The molecular weight excluding hydrogens is 436 g/mol. The summed E-state index contributed by atoms with van der Waals surface area (Å²) >= 11 is 1.28. The van der Waals surface area contributed by atoms with E-state index in [0.29, 0.717) is 16.4 Å². The van der Waals surface area contributed by atoms with Crippen LogP contribution in [0.15, 0.2) is 59.2 Å². The molecule has 0 saturated carbocycles. The zero-order valence-corrected chi connectivity index (χ0v) is 19.7. The average molecular weight is 467 g/mol. The highest BCUT2D eigenvalue weighted by Crippen LogP contribution is 2.27. The van der Waals surface area contributed by atoms with Gasteiger partial charge in [-0.1, -0.05) is 30.3 Å². The predicted molar refractivity (Wildman–Crippen MR) is 131 cm³/mol. The summed E-state index contributed by atoms with van der Waals surface area (Å²) in [6.45, 7) is 8.76. The average Bonchev–Trinajstić information content (AvgIpc) is 3.48. The lowest BCUT2D eigenvalue weighted by Crippen LogP contribution is -2.46. The molecule has 2 amide bonds. The van der Waals surface area contributed by atoms with Crippen LogP contribution in [0.5, 0.6) is 0 Å². The van der Waals surface area contributed by atoms with Gasteiger partial charge in [-0.2, -0.15) is 0 Å². The van der Waals surface area contributed by atoms with Crippen LogP contribution in [0.2, 0.25) is 0 Å². The van der Waals surface area contributed by atoms with Crippen LogP contribution < -0.4 is 10.6 Å². The number of nitrogens with one attached hydrogen (secondary N) is 2. The van der Waals surface area contributed by atoms with E-state index in [-0.39, 0.29) is 17.6 Å². The molecule has 1 aromatic carbocycles. The normalized spacial score (nSPS) is 14.8. The van der Waals surface area contributed by atoms with Crippen molar-refractivity contribution in [1.82, 2.24) is 15.1 Å². The van der Waals surface area contributed by atoms with Gasteiger partial charge in [0.05, 0.1) is 16.1 Å². The van der Waals surface area contributed by atoms with E-state index in [1.54, 1.807) is 12.1 Å². The molecule has 1 aliphatic heterocycles. The van der Waals surface area contributed by atoms with E-state index >= 15 is 0 Å². The molecule has 2 N–H and O–H groups in total. The Bertz CT molecular complexity index is 1040. The second-order valence-corrected chi connectivity index (χ2v) is 9.32. The molecule has 0 aliphatic carbocycles. The first kappa shape index (κ1) is 23.2. The van der Waals surface area contributed by atoms with E-state index in [9.17, 15) is 9.59 Å². The summed E-state index contributed by atoms with van der Waals surface area (Å²) in [6, 6.07) is 15.7. The second-order valence-electron chi connectivity index (χ2n) is 8.27. The minimum absolute atomic E-state index is 0.0938. The number of aryl methyl sites for hydroxylation is 1. The van der Waals surface area contributed by atoms with Gasteiger partial charge in [0.15, 0.2) is 5.76 Å². The van der Waals surface area contributed by atoms with Crippen molar-refractivity contribution in [2.45, 2.75) is 19.9 Å². The van der Waals surface area contributed by atoms with Gasteiger partial charge in [-0.25, -0.2) is 0 Å². The second kappa shape index (κ2) is 11.3. The van der Waals surface area contributed by atoms with Gasteiger partial charge in [0.25, 0.3) is 11.8 Å². The third-order valence-corrected chi connectivity index (χ3v) is 6.91. The Balaban J connectivity index is 1.15. The molecule has 8 heteroatoms. The Morgan fingerprint density at radius 2 is 1.76 bits per heavy atom. The number of hydrogen-bond acceptors (Lipinski definition) is 6. The third kappa shape index (κ3) is 6.54. The summed E-state index contributed by atoms with van der Waals surface area (Å²) < 4.78 is 5.11. The fourth-order valence-electron chi connectivity index (χ4n) is 3.95. The Kier molecular flexibility index (Phi) is 7.93. The van der Waals surface area contributed by atoms with Gasteiger partial charge in [0.2, 0.25) is 0 Å². The van der Waals surface area contributed by atoms with Crippen LogP contribution in [-0.2, 0) is 6.54 Å². The summed E-state index contributed by atoms with van der Waals surface area (Å²) in [5.74, 6) is -0.172. The number of amides is 2. The van der Waals surface area contributed by atoms with Crippen LogP contribution in [0, 0.1) is 6.92 Å². The Morgan fingerprint density at radius 3 is 2.48 bits per heavy atom. The van der Waals surface area contributed by atoms with Crippen LogP contribution >= 0.6 is 11.3 Å². The molecule has 0 spiro atoms. The van der Waals surface area contributed by atoms with Crippen LogP contribution in [-0.4, -0.2) is 60.9 Å². The van der Waals surface area contributed by atoms with Crippen molar-refractivity contribution < 1.29 is 14.0 Å². The minimum atomic E-state index is -0.322. The molecule has 33 heavy (non-hydrogen) atoms. The van der Waals surface area contributed by atoms with Gasteiger partial charge in [-0.3, -0.25) is 14.5 Å². The molecule has 174 valence electrons. The minimum Gasteiger partial charge on any atom is -0.459 e.